The zero-order valence-electron chi connectivity index (χ0n) is 11.7. The summed E-state index contributed by atoms with van der Waals surface area (Å²) in [6, 6.07) is 9.09. The Balaban J connectivity index is 2.38. The van der Waals surface area contributed by atoms with Gasteiger partial charge in [-0.2, -0.15) is 0 Å². The van der Waals surface area contributed by atoms with Gasteiger partial charge in [0.25, 0.3) is 5.91 Å². The second kappa shape index (κ2) is 7.56. The molecule has 19 heavy (non-hydrogen) atoms. The molecule has 0 aliphatic carbocycles. The molecule has 0 heterocycles. The van der Waals surface area contributed by atoms with Crippen LogP contribution >= 0.6 is 0 Å². The van der Waals surface area contributed by atoms with E-state index in [2.05, 4.69) is 5.32 Å². The first kappa shape index (κ1) is 15.2. The van der Waals surface area contributed by atoms with Crippen molar-refractivity contribution < 1.29 is 14.3 Å². The predicted octanol–water partition coefficient (Wildman–Crippen LogP) is 2.99. The van der Waals surface area contributed by atoms with Gasteiger partial charge in [0.15, 0.2) is 6.10 Å². The van der Waals surface area contributed by atoms with Crippen LogP contribution in [0.1, 0.15) is 33.6 Å². The van der Waals surface area contributed by atoms with Crippen LogP contribution in [-0.2, 0) is 14.3 Å². The van der Waals surface area contributed by atoms with E-state index < -0.39 is 6.10 Å². The maximum Gasteiger partial charge on any atom is 0.306 e. The number of carbonyl (C=O) groups excluding carboxylic acids is 2. The van der Waals surface area contributed by atoms with E-state index in [1.807, 2.05) is 32.0 Å². The topological polar surface area (TPSA) is 55.4 Å². The third-order valence-corrected chi connectivity index (χ3v) is 2.64. The molecule has 0 fully saturated rings. The molecule has 0 aliphatic heterocycles. The Kier molecular flexibility index (Phi) is 6.06. The van der Waals surface area contributed by atoms with Crippen molar-refractivity contribution >= 4 is 17.6 Å². The van der Waals surface area contributed by atoms with Crippen LogP contribution in [0.5, 0.6) is 0 Å². The molecule has 1 rings (SSSR count). The Bertz CT molecular complexity index is 415. The van der Waals surface area contributed by atoms with Crippen LogP contribution in [0.3, 0.4) is 0 Å². The van der Waals surface area contributed by atoms with Crippen molar-refractivity contribution in [3.8, 4) is 0 Å². The first-order valence-corrected chi connectivity index (χ1v) is 6.54. The van der Waals surface area contributed by atoms with E-state index in [4.69, 9.17) is 4.74 Å². The molecule has 1 amide bonds. The summed E-state index contributed by atoms with van der Waals surface area (Å²) in [6.45, 7) is 5.66. The van der Waals surface area contributed by atoms with E-state index in [1.165, 1.54) is 0 Å². The molecule has 4 nitrogen and oxygen atoms in total. The van der Waals surface area contributed by atoms with Gasteiger partial charge in [-0.1, -0.05) is 32.0 Å². The molecule has 1 N–H and O–H groups in total. The van der Waals surface area contributed by atoms with Gasteiger partial charge in [-0.15, -0.1) is 0 Å². The summed E-state index contributed by atoms with van der Waals surface area (Å²) in [7, 11) is 0. The number of esters is 1. The van der Waals surface area contributed by atoms with Gasteiger partial charge in [-0.05, 0) is 31.4 Å². The summed E-state index contributed by atoms with van der Waals surface area (Å²) in [5, 5.41) is 2.70. The molecule has 0 bridgehead atoms. The largest absolute Gasteiger partial charge is 0.453 e. The lowest BCUT2D eigenvalue weighted by Gasteiger charge is -2.14. The zero-order chi connectivity index (χ0) is 14.3. The van der Waals surface area contributed by atoms with Crippen molar-refractivity contribution in [1.29, 1.82) is 0 Å². The molecule has 0 radical (unpaired) electrons. The summed E-state index contributed by atoms with van der Waals surface area (Å²) < 4.78 is 5.08. The molecule has 1 aromatic carbocycles. The van der Waals surface area contributed by atoms with E-state index in [0.717, 1.165) is 6.42 Å². The number of ether oxygens (including phenoxy) is 1. The van der Waals surface area contributed by atoms with Gasteiger partial charge in [0, 0.05) is 12.1 Å². The predicted molar refractivity (Wildman–Crippen MR) is 74.7 cm³/mol. The average molecular weight is 263 g/mol. The maximum absolute atomic E-state index is 11.8. The zero-order valence-corrected chi connectivity index (χ0v) is 11.7. The Morgan fingerprint density at radius 2 is 1.79 bits per heavy atom. The number of rotatable bonds is 6. The van der Waals surface area contributed by atoms with E-state index >= 15 is 0 Å². The fourth-order valence-electron chi connectivity index (χ4n) is 1.48. The minimum Gasteiger partial charge on any atom is -0.453 e. The van der Waals surface area contributed by atoms with Gasteiger partial charge in [-0.3, -0.25) is 9.59 Å². The lowest BCUT2D eigenvalue weighted by molar-refractivity contribution is -0.153. The smallest absolute Gasteiger partial charge is 0.306 e. The Morgan fingerprint density at radius 3 is 2.37 bits per heavy atom. The lowest BCUT2D eigenvalue weighted by atomic mass is 10.1. The first-order valence-electron chi connectivity index (χ1n) is 6.54. The summed E-state index contributed by atoms with van der Waals surface area (Å²) in [5.41, 5.74) is 0.692. The van der Waals surface area contributed by atoms with Gasteiger partial charge in [0.1, 0.15) is 0 Å². The van der Waals surface area contributed by atoms with Gasteiger partial charge in [-0.25, -0.2) is 0 Å². The van der Waals surface area contributed by atoms with E-state index in [0.29, 0.717) is 18.0 Å². The maximum atomic E-state index is 11.8. The standard InChI is InChI=1S/C15H21NO3/c1-11(2)9-10-14(17)19-12(3)15(18)16-13-7-5-4-6-8-13/h4-8,11-12H,9-10H2,1-3H3,(H,16,18). The number of hydrogen-bond acceptors (Lipinski definition) is 3. The van der Waals surface area contributed by atoms with Crippen molar-refractivity contribution in [1.82, 2.24) is 0 Å². The van der Waals surface area contributed by atoms with Gasteiger partial charge in [0.2, 0.25) is 0 Å². The molecular weight excluding hydrogens is 242 g/mol. The molecule has 104 valence electrons. The van der Waals surface area contributed by atoms with Crippen molar-refractivity contribution in [3.05, 3.63) is 30.3 Å². The number of nitrogens with one attached hydrogen (secondary N) is 1. The van der Waals surface area contributed by atoms with Crippen molar-refractivity contribution in [2.45, 2.75) is 39.7 Å². The van der Waals surface area contributed by atoms with E-state index in [9.17, 15) is 9.59 Å². The number of amides is 1. The number of carbonyl (C=O) groups is 2. The SMILES string of the molecule is CC(C)CCC(=O)OC(C)C(=O)Nc1ccccc1. The van der Waals surface area contributed by atoms with Crippen LogP contribution in [0.4, 0.5) is 5.69 Å². The molecule has 0 saturated heterocycles. The minimum absolute atomic E-state index is 0.316. The molecule has 1 aromatic rings. The van der Waals surface area contributed by atoms with Crippen LogP contribution in [0, 0.1) is 5.92 Å². The summed E-state index contributed by atoms with van der Waals surface area (Å²) in [6.07, 6.45) is 0.340. The Morgan fingerprint density at radius 1 is 1.16 bits per heavy atom. The number of para-hydroxylation sites is 1. The first-order chi connectivity index (χ1) is 8.99. The summed E-state index contributed by atoms with van der Waals surface area (Å²) in [5.74, 6) is -0.200. The van der Waals surface area contributed by atoms with Gasteiger partial charge < -0.3 is 10.1 Å². The molecule has 1 atom stereocenters. The quantitative estimate of drug-likeness (QED) is 0.803. The third-order valence-electron chi connectivity index (χ3n) is 2.64. The summed E-state index contributed by atoms with van der Waals surface area (Å²) >= 11 is 0. The van der Waals surface area contributed by atoms with Crippen LogP contribution in [-0.4, -0.2) is 18.0 Å². The molecule has 0 saturated carbocycles. The molecular formula is C15H21NO3. The fraction of sp³-hybridized carbons (Fsp3) is 0.467. The summed E-state index contributed by atoms with van der Waals surface area (Å²) in [4.78, 5) is 23.3. The third kappa shape index (κ3) is 6.04. The monoisotopic (exact) mass is 263 g/mol. The highest BCUT2D eigenvalue weighted by atomic mass is 16.5. The molecule has 1 unspecified atom stereocenters. The van der Waals surface area contributed by atoms with E-state index in [1.54, 1.807) is 19.1 Å². The molecule has 4 heteroatoms. The Labute approximate surface area is 114 Å². The highest BCUT2D eigenvalue weighted by Gasteiger charge is 2.17. The molecule has 0 spiro atoms. The van der Waals surface area contributed by atoms with Crippen LogP contribution in [0.25, 0.3) is 0 Å². The second-order valence-corrected chi connectivity index (χ2v) is 4.92. The van der Waals surface area contributed by atoms with Crippen molar-refractivity contribution in [2.24, 2.45) is 5.92 Å². The number of hydrogen-bond donors (Lipinski definition) is 1. The van der Waals surface area contributed by atoms with Gasteiger partial charge in [0.05, 0.1) is 0 Å². The average Bonchev–Trinajstić information content (AvgIpc) is 2.37. The number of anilines is 1. The van der Waals surface area contributed by atoms with E-state index in [-0.39, 0.29) is 11.9 Å². The van der Waals surface area contributed by atoms with Crippen molar-refractivity contribution in [2.75, 3.05) is 5.32 Å². The lowest BCUT2D eigenvalue weighted by Crippen LogP contribution is -2.29. The number of benzene rings is 1. The highest BCUT2D eigenvalue weighted by Crippen LogP contribution is 2.09. The fourth-order valence-corrected chi connectivity index (χ4v) is 1.48. The minimum atomic E-state index is -0.778. The van der Waals surface area contributed by atoms with Crippen LogP contribution in [0.2, 0.25) is 0 Å². The molecule has 0 aliphatic rings. The van der Waals surface area contributed by atoms with Crippen LogP contribution in [0.15, 0.2) is 30.3 Å². The Hall–Kier alpha value is -1.84. The molecule has 0 aromatic heterocycles. The van der Waals surface area contributed by atoms with Crippen molar-refractivity contribution in [3.63, 3.8) is 0 Å². The second-order valence-electron chi connectivity index (χ2n) is 4.92. The van der Waals surface area contributed by atoms with Gasteiger partial charge >= 0.3 is 5.97 Å². The van der Waals surface area contributed by atoms with Crippen LogP contribution < -0.4 is 5.32 Å². The normalized spacial score (nSPS) is 12.0. The highest BCUT2D eigenvalue weighted by molar-refractivity contribution is 5.95.